The molecular weight excluding hydrogens is 208 g/mol. The van der Waals surface area contributed by atoms with Crippen LogP contribution in [0.25, 0.3) is 0 Å². The molecule has 0 aliphatic rings. The number of aryl methyl sites for hydroxylation is 2. The molecule has 0 spiro atoms. The van der Waals surface area contributed by atoms with Crippen molar-refractivity contribution < 1.29 is 5.11 Å². The number of thiazole rings is 1. The van der Waals surface area contributed by atoms with Crippen molar-refractivity contribution in [3.8, 4) is 0 Å². The van der Waals surface area contributed by atoms with Crippen molar-refractivity contribution in [3.05, 3.63) is 16.1 Å². The average Bonchev–Trinajstić information content (AvgIpc) is 2.63. The smallest absolute Gasteiger partial charge is 0.0897 e. The lowest BCUT2D eigenvalue weighted by atomic mass is 10.2. The zero-order chi connectivity index (χ0) is 11.1. The molecule has 1 heterocycles. The SMILES string of the molecule is CCN(CCO)CCCc1csc(C)n1. The molecule has 0 fully saturated rings. The summed E-state index contributed by atoms with van der Waals surface area (Å²) in [7, 11) is 0. The first-order valence-corrected chi connectivity index (χ1v) is 6.38. The molecule has 4 heteroatoms. The Bertz CT molecular complexity index is 275. The molecule has 1 rings (SSSR count). The van der Waals surface area contributed by atoms with Gasteiger partial charge in [0, 0.05) is 11.9 Å². The van der Waals surface area contributed by atoms with Crippen molar-refractivity contribution >= 4 is 11.3 Å². The van der Waals surface area contributed by atoms with Crippen LogP contribution in [0, 0.1) is 6.92 Å². The van der Waals surface area contributed by atoms with Crippen molar-refractivity contribution in [1.82, 2.24) is 9.88 Å². The maximum Gasteiger partial charge on any atom is 0.0897 e. The normalized spacial score (nSPS) is 11.2. The maximum absolute atomic E-state index is 8.84. The molecule has 0 radical (unpaired) electrons. The number of aromatic nitrogens is 1. The second kappa shape index (κ2) is 6.93. The van der Waals surface area contributed by atoms with Crippen LogP contribution in [0.2, 0.25) is 0 Å². The highest BCUT2D eigenvalue weighted by molar-refractivity contribution is 7.09. The second-order valence-electron chi connectivity index (χ2n) is 3.62. The number of likely N-dealkylation sites (N-methyl/N-ethyl adjacent to an activating group) is 1. The van der Waals surface area contributed by atoms with E-state index in [0.717, 1.165) is 37.5 Å². The number of rotatable bonds is 7. The minimum Gasteiger partial charge on any atom is -0.395 e. The van der Waals surface area contributed by atoms with Crippen molar-refractivity contribution in [2.75, 3.05) is 26.2 Å². The van der Waals surface area contributed by atoms with Crippen LogP contribution in [0.5, 0.6) is 0 Å². The van der Waals surface area contributed by atoms with Crippen LogP contribution in [0.3, 0.4) is 0 Å². The van der Waals surface area contributed by atoms with E-state index in [2.05, 4.69) is 22.2 Å². The number of hydrogen-bond donors (Lipinski definition) is 1. The van der Waals surface area contributed by atoms with E-state index in [0.29, 0.717) is 0 Å². The highest BCUT2D eigenvalue weighted by Gasteiger charge is 2.02. The number of hydrogen-bond acceptors (Lipinski definition) is 4. The van der Waals surface area contributed by atoms with Gasteiger partial charge in [-0.1, -0.05) is 6.92 Å². The number of aliphatic hydroxyl groups excluding tert-OH is 1. The van der Waals surface area contributed by atoms with Gasteiger partial charge in [-0.2, -0.15) is 0 Å². The molecule has 1 aromatic heterocycles. The number of aliphatic hydroxyl groups is 1. The molecule has 15 heavy (non-hydrogen) atoms. The summed E-state index contributed by atoms with van der Waals surface area (Å²) in [5.74, 6) is 0. The van der Waals surface area contributed by atoms with Crippen LogP contribution >= 0.6 is 11.3 Å². The molecule has 0 aliphatic carbocycles. The molecular formula is C11H20N2OS. The van der Waals surface area contributed by atoms with E-state index in [4.69, 9.17) is 5.11 Å². The van der Waals surface area contributed by atoms with E-state index in [-0.39, 0.29) is 6.61 Å². The summed E-state index contributed by atoms with van der Waals surface area (Å²) in [6.07, 6.45) is 2.17. The maximum atomic E-state index is 8.84. The van der Waals surface area contributed by atoms with Gasteiger partial charge in [0.1, 0.15) is 0 Å². The van der Waals surface area contributed by atoms with E-state index in [9.17, 15) is 0 Å². The van der Waals surface area contributed by atoms with Crippen LogP contribution < -0.4 is 0 Å². The Labute approximate surface area is 95.8 Å². The highest BCUT2D eigenvalue weighted by atomic mass is 32.1. The first-order valence-electron chi connectivity index (χ1n) is 5.50. The summed E-state index contributed by atoms with van der Waals surface area (Å²) in [6.45, 7) is 7.27. The van der Waals surface area contributed by atoms with E-state index < -0.39 is 0 Å². The zero-order valence-electron chi connectivity index (χ0n) is 9.57. The summed E-state index contributed by atoms with van der Waals surface area (Å²) >= 11 is 1.71. The third-order valence-corrected chi connectivity index (χ3v) is 3.26. The Morgan fingerprint density at radius 2 is 2.27 bits per heavy atom. The summed E-state index contributed by atoms with van der Waals surface area (Å²) in [4.78, 5) is 6.69. The molecule has 0 saturated heterocycles. The molecule has 0 saturated carbocycles. The minimum absolute atomic E-state index is 0.254. The van der Waals surface area contributed by atoms with E-state index in [1.165, 1.54) is 5.69 Å². The minimum atomic E-state index is 0.254. The van der Waals surface area contributed by atoms with Crippen LogP contribution in [-0.4, -0.2) is 41.2 Å². The van der Waals surface area contributed by atoms with Gasteiger partial charge in [0.2, 0.25) is 0 Å². The van der Waals surface area contributed by atoms with Crippen molar-refractivity contribution in [2.45, 2.75) is 26.7 Å². The standard InChI is InChI=1S/C11H20N2OS/c1-3-13(7-8-14)6-4-5-11-9-15-10(2)12-11/h9,14H,3-8H2,1-2H3. The fourth-order valence-corrected chi connectivity index (χ4v) is 2.22. The summed E-state index contributed by atoms with van der Waals surface area (Å²) in [5.41, 5.74) is 1.21. The Morgan fingerprint density at radius 1 is 1.47 bits per heavy atom. The molecule has 1 N–H and O–H groups in total. The van der Waals surface area contributed by atoms with Crippen LogP contribution in [0.15, 0.2) is 5.38 Å². The first kappa shape index (κ1) is 12.6. The first-order chi connectivity index (χ1) is 7.26. The lowest BCUT2D eigenvalue weighted by molar-refractivity contribution is 0.200. The molecule has 3 nitrogen and oxygen atoms in total. The molecule has 0 aromatic carbocycles. The van der Waals surface area contributed by atoms with Gasteiger partial charge in [0.05, 0.1) is 17.3 Å². The van der Waals surface area contributed by atoms with Crippen molar-refractivity contribution in [3.63, 3.8) is 0 Å². The van der Waals surface area contributed by atoms with Gasteiger partial charge < -0.3 is 10.0 Å². The van der Waals surface area contributed by atoms with E-state index >= 15 is 0 Å². The Balaban J connectivity index is 2.20. The van der Waals surface area contributed by atoms with Gasteiger partial charge >= 0.3 is 0 Å². The van der Waals surface area contributed by atoms with Gasteiger partial charge in [0.15, 0.2) is 0 Å². The highest BCUT2D eigenvalue weighted by Crippen LogP contribution is 2.09. The van der Waals surface area contributed by atoms with Crippen molar-refractivity contribution in [2.24, 2.45) is 0 Å². The van der Waals surface area contributed by atoms with E-state index in [1.54, 1.807) is 11.3 Å². The van der Waals surface area contributed by atoms with Gasteiger partial charge in [-0.15, -0.1) is 11.3 Å². The molecule has 86 valence electrons. The quantitative estimate of drug-likeness (QED) is 0.771. The van der Waals surface area contributed by atoms with Gasteiger partial charge in [0.25, 0.3) is 0 Å². The lowest BCUT2D eigenvalue weighted by Gasteiger charge is -2.18. The predicted molar refractivity (Wildman–Crippen MR) is 64.4 cm³/mol. The summed E-state index contributed by atoms with van der Waals surface area (Å²) in [5, 5.41) is 12.1. The third-order valence-electron chi connectivity index (χ3n) is 2.44. The molecule has 0 atom stereocenters. The topological polar surface area (TPSA) is 36.4 Å². The predicted octanol–water partition coefficient (Wildman–Crippen LogP) is 1.70. The second-order valence-corrected chi connectivity index (χ2v) is 4.68. The van der Waals surface area contributed by atoms with E-state index in [1.807, 2.05) is 6.92 Å². The molecule has 0 aliphatic heterocycles. The largest absolute Gasteiger partial charge is 0.395 e. The molecule has 0 unspecified atom stereocenters. The lowest BCUT2D eigenvalue weighted by Crippen LogP contribution is -2.27. The average molecular weight is 228 g/mol. The van der Waals surface area contributed by atoms with Gasteiger partial charge in [-0.05, 0) is 32.9 Å². The summed E-state index contributed by atoms with van der Waals surface area (Å²) < 4.78 is 0. The van der Waals surface area contributed by atoms with Crippen LogP contribution in [-0.2, 0) is 6.42 Å². The Kier molecular flexibility index (Phi) is 5.83. The molecule has 0 amide bonds. The van der Waals surface area contributed by atoms with Gasteiger partial charge in [-0.3, -0.25) is 0 Å². The number of nitrogens with zero attached hydrogens (tertiary/aromatic N) is 2. The summed E-state index contributed by atoms with van der Waals surface area (Å²) in [6, 6.07) is 0. The van der Waals surface area contributed by atoms with Crippen molar-refractivity contribution in [1.29, 1.82) is 0 Å². The fraction of sp³-hybridized carbons (Fsp3) is 0.727. The van der Waals surface area contributed by atoms with Crippen LogP contribution in [0.4, 0.5) is 0 Å². The van der Waals surface area contributed by atoms with Gasteiger partial charge in [-0.25, -0.2) is 4.98 Å². The Hall–Kier alpha value is -0.450. The monoisotopic (exact) mass is 228 g/mol. The van der Waals surface area contributed by atoms with Crippen LogP contribution in [0.1, 0.15) is 24.0 Å². The fourth-order valence-electron chi connectivity index (χ4n) is 1.58. The third kappa shape index (κ3) is 4.73. The molecule has 0 bridgehead atoms. The molecule has 1 aromatic rings. The Morgan fingerprint density at radius 3 is 2.80 bits per heavy atom. The zero-order valence-corrected chi connectivity index (χ0v) is 10.4.